The van der Waals surface area contributed by atoms with Gasteiger partial charge in [0.15, 0.2) is 5.76 Å². The zero-order chi connectivity index (χ0) is 24.9. The highest BCUT2D eigenvalue weighted by atomic mass is 16.5. The highest BCUT2D eigenvalue weighted by molar-refractivity contribution is 5.97. The summed E-state index contributed by atoms with van der Waals surface area (Å²) < 4.78 is 6.24. The van der Waals surface area contributed by atoms with E-state index in [-0.39, 0.29) is 24.0 Å². The minimum absolute atomic E-state index is 0.0183. The average Bonchev–Trinajstić information content (AvgIpc) is 2.92. The number of aryl methyl sites for hydroxylation is 1. The van der Waals surface area contributed by atoms with E-state index in [1.165, 1.54) is 5.56 Å². The first-order valence-electron chi connectivity index (χ1n) is 12.6. The molecular weight excluding hydrogens is 450 g/mol. The number of morpholine rings is 1. The van der Waals surface area contributed by atoms with Gasteiger partial charge in [-0.1, -0.05) is 54.4 Å². The molecule has 6 heteroatoms. The molecular formula is C30H31N3O3. The van der Waals surface area contributed by atoms with Crippen LogP contribution in [-0.4, -0.2) is 33.8 Å². The fourth-order valence-electron chi connectivity index (χ4n) is 4.91. The lowest BCUT2D eigenvalue weighted by Crippen LogP contribution is -2.54. The Kier molecular flexibility index (Phi) is 7.12. The molecule has 2 amide bonds. The van der Waals surface area contributed by atoms with Crippen LogP contribution in [0, 0.1) is 6.92 Å². The third-order valence-corrected chi connectivity index (χ3v) is 6.92. The van der Waals surface area contributed by atoms with Crippen molar-refractivity contribution in [3.05, 3.63) is 107 Å². The molecule has 2 atom stereocenters. The molecule has 1 aliphatic heterocycles. The number of nitrogens with one attached hydrogen (secondary N) is 1. The fourth-order valence-corrected chi connectivity index (χ4v) is 4.91. The SMILES string of the molecule is Cc1ccc(CN2C(=O)/C(=C\c3ccc(C(=O)NCc4ccccn4)cc3)OC3CCCCC32)cc1. The summed E-state index contributed by atoms with van der Waals surface area (Å²) in [5.74, 6) is 0.132. The number of ether oxygens (including phenoxy) is 1. The van der Waals surface area contributed by atoms with Crippen LogP contribution >= 0.6 is 0 Å². The molecule has 2 unspecified atom stereocenters. The molecule has 5 rings (SSSR count). The van der Waals surface area contributed by atoms with Gasteiger partial charge in [-0.25, -0.2) is 0 Å². The van der Waals surface area contributed by atoms with Gasteiger partial charge in [-0.15, -0.1) is 0 Å². The Bertz CT molecular complexity index is 1240. The van der Waals surface area contributed by atoms with Crippen molar-refractivity contribution in [2.24, 2.45) is 0 Å². The summed E-state index contributed by atoms with van der Waals surface area (Å²) in [6.07, 6.45) is 7.67. The van der Waals surface area contributed by atoms with Crippen molar-refractivity contribution >= 4 is 17.9 Å². The van der Waals surface area contributed by atoms with Gasteiger partial charge in [-0.2, -0.15) is 0 Å². The number of amides is 2. The second-order valence-electron chi connectivity index (χ2n) is 9.56. The first-order chi connectivity index (χ1) is 17.6. The quantitative estimate of drug-likeness (QED) is 0.501. The summed E-state index contributed by atoms with van der Waals surface area (Å²) in [5.41, 5.74) is 4.51. The second-order valence-corrected chi connectivity index (χ2v) is 9.56. The van der Waals surface area contributed by atoms with E-state index in [0.717, 1.165) is 42.5 Å². The highest BCUT2D eigenvalue weighted by Gasteiger charge is 2.41. The van der Waals surface area contributed by atoms with Gasteiger partial charge in [0.1, 0.15) is 6.10 Å². The van der Waals surface area contributed by atoms with E-state index in [4.69, 9.17) is 4.74 Å². The van der Waals surface area contributed by atoms with Gasteiger partial charge >= 0.3 is 0 Å². The van der Waals surface area contributed by atoms with E-state index in [9.17, 15) is 9.59 Å². The maximum Gasteiger partial charge on any atom is 0.289 e. The Balaban J connectivity index is 1.30. The van der Waals surface area contributed by atoms with Crippen molar-refractivity contribution in [1.29, 1.82) is 0 Å². The number of pyridine rings is 1. The molecule has 0 spiro atoms. The van der Waals surface area contributed by atoms with Gasteiger partial charge in [0.25, 0.3) is 11.8 Å². The molecule has 2 aromatic carbocycles. The van der Waals surface area contributed by atoms with Crippen LogP contribution in [0.15, 0.2) is 78.7 Å². The molecule has 3 aromatic rings. The molecule has 6 nitrogen and oxygen atoms in total. The molecule has 2 heterocycles. The molecule has 1 saturated heterocycles. The van der Waals surface area contributed by atoms with E-state index >= 15 is 0 Å². The number of hydrogen-bond acceptors (Lipinski definition) is 4. The Morgan fingerprint density at radius 3 is 2.58 bits per heavy atom. The Hall–Kier alpha value is -3.93. The summed E-state index contributed by atoms with van der Waals surface area (Å²) in [7, 11) is 0. The van der Waals surface area contributed by atoms with E-state index in [1.54, 1.807) is 24.4 Å². The summed E-state index contributed by atoms with van der Waals surface area (Å²) in [5, 5.41) is 2.88. The standard InChI is InChI=1S/C30H31N3O3/c1-21-9-11-23(12-10-21)20-33-26-7-2-3-8-27(26)36-28(30(33)35)18-22-13-15-24(16-14-22)29(34)32-19-25-6-4-5-17-31-25/h4-6,9-18,26-27H,2-3,7-8,19-20H2,1H3,(H,32,34)/b28-18+. The molecule has 2 aliphatic rings. The Morgan fingerprint density at radius 2 is 1.83 bits per heavy atom. The van der Waals surface area contributed by atoms with Crippen molar-refractivity contribution in [1.82, 2.24) is 15.2 Å². The van der Waals surface area contributed by atoms with E-state index in [1.807, 2.05) is 35.2 Å². The normalized spacial score (nSPS) is 20.5. The van der Waals surface area contributed by atoms with Crippen LogP contribution in [0.2, 0.25) is 0 Å². The van der Waals surface area contributed by atoms with Crippen LogP contribution in [0.25, 0.3) is 6.08 Å². The number of hydrogen-bond donors (Lipinski definition) is 1. The summed E-state index contributed by atoms with van der Waals surface area (Å²) >= 11 is 0. The Morgan fingerprint density at radius 1 is 1.06 bits per heavy atom. The van der Waals surface area contributed by atoms with Crippen molar-refractivity contribution < 1.29 is 14.3 Å². The predicted octanol–water partition coefficient (Wildman–Crippen LogP) is 5.03. The number of fused-ring (bicyclic) bond motifs is 1. The first kappa shape index (κ1) is 23.8. The van der Waals surface area contributed by atoms with Crippen molar-refractivity contribution in [2.75, 3.05) is 0 Å². The van der Waals surface area contributed by atoms with Crippen molar-refractivity contribution in [3.8, 4) is 0 Å². The lowest BCUT2D eigenvalue weighted by atomic mass is 9.89. The second kappa shape index (κ2) is 10.8. The number of aromatic nitrogens is 1. The number of carbonyl (C=O) groups is 2. The topological polar surface area (TPSA) is 71.5 Å². The van der Waals surface area contributed by atoms with Crippen LogP contribution < -0.4 is 5.32 Å². The Labute approximate surface area is 212 Å². The molecule has 1 aromatic heterocycles. The molecule has 1 aliphatic carbocycles. The van der Waals surface area contributed by atoms with Crippen LogP contribution in [0.5, 0.6) is 0 Å². The highest BCUT2D eigenvalue weighted by Crippen LogP contribution is 2.34. The molecule has 1 N–H and O–H groups in total. The molecule has 0 bridgehead atoms. The van der Waals surface area contributed by atoms with Gasteiger partial charge < -0.3 is 15.0 Å². The van der Waals surface area contributed by atoms with Crippen LogP contribution in [0.4, 0.5) is 0 Å². The predicted molar refractivity (Wildman–Crippen MR) is 139 cm³/mol. The van der Waals surface area contributed by atoms with E-state index < -0.39 is 0 Å². The van der Waals surface area contributed by atoms with Gasteiger partial charge in [0, 0.05) is 18.3 Å². The van der Waals surface area contributed by atoms with Crippen LogP contribution in [0.1, 0.15) is 58.4 Å². The number of rotatable bonds is 6. The smallest absolute Gasteiger partial charge is 0.289 e. The zero-order valence-corrected chi connectivity index (χ0v) is 20.5. The van der Waals surface area contributed by atoms with E-state index in [0.29, 0.717) is 24.4 Å². The number of carbonyl (C=O) groups excluding carboxylic acids is 2. The van der Waals surface area contributed by atoms with Crippen LogP contribution in [0.3, 0.4) is 0 Å². The monoisotopic (exact) mass is 481 g/mol. The maximum atomic E-state index is 13.5. The molecule has 0 radical (unpaired) electrons. The zero-order valence-electron chi connectivity index (χ0n) is 20.5. The molecule has 36 heavy (non-hydrogen) atoms. The molecule has 1 saturated carbocycles. The van der Waals surface area contributed by atoms with Gasteiger partial charge in [-0.3, -0.25) is 14.6 Å². The third kappa shape index (κ3) is 5.48. The summed E-state index contributed by atoms with van der Waals surface area (Å²) in [6.45, 7) is 3.01. The number of benzene rings is 2. The average molecular weight is 482 g/mol. The lowest BCUT2D eigenvalue weighted by molar-refractivity contribution is -0.149. The van der Waals surface area contributed by atoms with Gasteiger partial charge in [0.05, 0.1) is 18.3 Å². The lowest BCUT2D eigenvalue weighted by Gasteiger charge is -2.44. The van der Waals surface area contributed by atoms with Gasteiger partial charge in [0.2, 0.25) is 0 Å². The van der Waals surface area contributed by atoms with E-state index in [2.05, 4.69) is 41.5 Å². The fraction of sp³-hybridized carbons (Fsp3) is 0.300. The molecule has 184 valence electrons. The van der Waals surface area contributed by atoms with Crippen molar-refractivity contribution in [3.63, 3.8) is 0 Å². The largest absolute Gasteiger partial charge is 0.482 e. The summed E-state index contributed by atoms with van der Waals surface area (Å²) in [6, 6.07) is 21.3. The first-order valence-corrected chi connectivity index (χ1v) is 12.6. The minimum atomic E-state index is -0.167. The third-order valence-electron chi connectivity index (χ3n) is 6.92. The van der Waals surface area contributed by atoms with Crippen molar-refractivity contribution in [2.45, 2.75) is 57.8 Å². The van der Waals surface area contributed by atoms with Crippen LogP contribution in [-0.2, 0) is 22.6 Å². The minimum Gasteiger partial charge on any atom is -0.482 e. The maximum absolute atomic E-state index is 13.5. The van der Waals surface area contributed by atoms with Gasteiger partial charge in [-0.05, 0) is 67.7 Å². The molecule has 2 fully saturated rings. The summed E-state index contributed by atoms with van der Waals surface area (Å²) in [4.78, 5) is 32.3. The number of nitrogens with zero attached hydrogens (tertiary/aromatic N) is 2.